The van der Waals surface area contributed by atoms with E-state index in [9.17, 15) is 0 Å². The molecule has 1 aromatic heterocycles. The van der Waals surface area contributed by atoms with Crippen LogP contribution in [0.1, 0.15) is 39.0 Å². The first kappa shape index (κ1) is 18.9. The monoisotopic (exact) mass is 366 g/mol. The van der Waals surface area contributed by atoms with Crippen LogP contribution in [0.3, 0.4) is 0 Å². The molecule has 3 rings (SSSR count). The summed E-state index contributed by atoms with van der Waals surface area (Å²) in [5.41, 5.74) is 6.79. The van der Waals surface area contributed by atoms with Gasteiger partial charge in [-0.2, -0.15) is 9.97 Å². The lowest BCUT2D eigenvalue weighted by atomic mass is 10.3. The zero-order chi connectivity index (χ0) is 18.4. The fourth-order valence-electron chi connectivity index (χ4n) is 3.14. The van der Waals surface area contributed by atoms with Crippen LogP contribution in [-0.2, 0) is 9.47 Å². The number of nitrogen functional groups attached to an aromatic ring is 1. The molecule has 0 aromatic carbocycles. The first-order valence-corrected chi connectivity index (χ1v) is 9.44. The molecule has 9 heteroatoms. The third-order valence-electron chi connectivity index (χ3n) is 4.55. The van der Waals surface area contributed by atoms with Crippen molar-refractivity contribution in [1.82, 2.24) is 15.3 Å². The van der Waals surface area contributed by atoms with Crippen molar-refractivity contribution in [2.24, 2.45) is 0 Å². The quantitative estimate of drug-likeness (QED) is 0.531. The van der Waals surface area contributed by atoms with Gasteiger partial charge in [0.15, 0.2) is 11.6 Å². The zero-order valence-electron chi connectivity index (χ0n) is 15.7. The molecule has 0 amide bonds. The summed E-state index contributed by atoms with van der Waals surface area (Å²) in [6.45, 7) is 5.18. The molecule has 1 aromatic rings. The highest BCUT2D eigenvalue weighted by molar-refractivity contribution is 5.81. The minimum Gasteiger partial charge on any atom is -0.463 e. The number of hydrogen-bond donors (Lipinski definition) is 3. The summed E-state index contributed by atoms with van der Waals surface area (Å²) >= 11 is 0. The molecule has 1 unspecified atom stereocenters. The van der Waals surface area contributed by atoms with Crippen LogP contribution in [0, 0.1) is 0 Å². The number of nitrogens with two attached hydrogens (primary N) is 1. The van der Waals surface area contributed by atoms with Crippen LogP contribution < -0.4 is 26.0 Å². The molecule has 4 N–H and O–H groups in total. The van der Waals surface area contributed by atoms with Crippen molar-refractivity contribution in [3.05, 3.63) is 0 Å². The van der Waals surface area contributed by atoms with Crippen molar-refractivity contribution in [3.8, 4) is 6.01 Å². The van der Waals surface area contributed by atoms with E-state index in [2.05, 4.69) is 32.4 Å². The van der Waals surface area contributed by atoms with Gasteiger partial charge in [-0.25, -0.2) is 0 Å². The van der Waals surface area contributed by atoms with Crippen molar-refractivity contribution in [2.45, 2.75) is 51.6 Å². The van der Waals surface area contributed by atoms with Gasteiger partial charge in [0.25, 0.3) is 0 Å². The standard InChI is InChI=1S/C17H30N6O3/c1-3-4-10-26-16-21-14(18)13-15(22-16)23(17(20-13)24-2)9-6-8-19-12-7-5-11-25-12/h12,17,19-20H,3-11H2,1-2H3,(H2,18,21,22)/t12-,17?/m1/s1. The Kier molecular flexibility index (Phi) is 6.70. The molecule has 2 aliphatic rings. The molecule has 0 saturated carbocycles. The molecular weight excluding hydrogens is 336 g/mol. The number of hydrogen-bond acceptors (Lipinski definition) is 9. The first-order chi connectivity index (χ1) is 12.7. The number of ether oxygens (including phenoxy) is 3. The van der Waals surface area contributed by atoms with Crippen molar-refractivity contribution >= 4 is 17.3 Å². The van der Waals surface area contributed by atoms with E-state index in [1.54, 1.807) is 7.11 Å². The summed E-state index contributed by atoms with van der Waals surface area (Å²) in [5.74, 6) is 1.11. The van der Waals surface area contributed by atoms with E-state index in [1.165, 1.54) is 0 Å². The van der Waals surface area contributed by atoms with Crippen LogP contribution >= 0.6 is 0 Å². The molecule has 0 aliphatic carbocycles. The number of fused-ring (bicyclic) bond motifs is 1. The van der Waals surface area contributed by atoms with E-state index in [-0.39, 0.29) is 12.6 Å². The maximum atomic E-state index is 6.09. The highest BCUT2D eigenvalue weighted by atomic mass is 16.5. The van der Waals surface area contributed by atoms with E-state index in [4.69, 9.17) is 19.9 Å². The molecule has 9 nitrogen and oxygen atoms in total. The zero-order valence-corrected chi connectivity index (χ0v) is 15.7. The molecule has 0 spiro atoms. The average molecular weight is 366 g/mol. The summed E-state index contributed by atoms with van der Waals surface area (Å²) in [6.07, 6.45) is 5.02. The Hall–Kier alpha value is -1.84. The van der Waals surface area contributed by atoms with Gasteiger partial charge in [-0.1, -0.05) is 13.3 Å². The predicted octanol–water partition coefficient (Wildman–Crippen LogP) is 1.52. The molecule has 1 fully saturated rings. The number of unbranched alkanes of at least 4 members (excludes halogenated alkanes) is 1. The van der Waals surface area contributed by atoms with Crippen LogP contribution in [0.2, 0.25) is 0 Å². The Morgan fingerprint density at radius 3 is 3.00 bits per heavy atom. The Labute approximate surface area is 154 Å². The van der Waals surface area contributed by atoms with Gasteiger partial charge in [-0.3, -0.25) is 5.32 Å². The summed E-state index contributed by atoms with van der Waals surface area (Å²) in [6, 6.07) is 0.315. The molecule has 146 valence electrons. The Bertz CT molecular complexity index is 582. The maximum Gasteiger partial charge on any atom is 0.320 e. The first-order valence-electron chi connectivity index (χ1n) is 9.44. The molecule has 2 atom stereocenters. The van der Waals surface area contributed by atoms with Gasteiger partial charge in [-0.15, -0.1) is 0 Å². The Morgan fingerprint density at radius 2 is 2.27 bits per heavy atom. The van der Waals surface area contributed by atoms with Gasteiger partial charge >= 0.3 is 6.01 Å². The minimum absolute atomic E-state index is 0.189. The lowest BCUT2D eigenvalue weighted by Crippen LogP contribution is -2.39. The Morgan fingerprint density at radius 1 is 1.38 bits per heavy atom. The third kappa shape index (κ3) is 4.46. The van der Waals surface area contributed by atoms with E-state index >= 15 is 0 Å². The van der Waals surface area contributed by atoms with Crippen LogP contribution in [-0.4, -0.2) is 56.0 Å². The number of anilines is 3. The van der Waals surface area contributed by atoms with Crippen LogP contribution in [0.25, 0.3) is 0 Å². The number of nitrogens with one attached hydrogen (secondary N) is 2. The van der Waals surface area contributed by atoms with Gasteiger partial charge in [-0.05, 0) is 32.2 Å². The number of rotatable bonds is 10. The highest BCUT2D eigenvalue weighted by Crippen LogP contribution is 2.37. The summed E-state index contributed by atoms with van der Waals surface area (Å²) < 4.78 is 16.8. The van der Waals surface area contributed by atoms with Crippen molar-refractivity contribution in [2.75, 3.05) is 49.4 Å². The minimum atomic E-state index is -0.310. The molecular formula is C17H30N6O3. The van der Waals surface area contributed by atoms with E-state index in [1.807, 2.05) is 0 Å². The second-order valence-electron chi connectivity index (χ2n) is 6.53. The van der Waals surface area contributed by atoms with Crippen LogP contribution in [0.4, 0.5) is 17.3 Å². The van der Waals surface area contributed by atoms with Gasteiger partial charge in [0.2, 0.25) is 6.35 Å². The highest BCUT2D eigenvalue weighted by Gasteiger charge is 2.33. The van der Waals surface area contributed by atoms with E-state index in [0.29, 0.717) is 24.1 Å². The lowest BCUT2D eigenvalue weighted by Gasteiger charge is -2.24. The van der Waals surface area contributed by atoms with Gasteiger partial charge < -0.3 is 30.2 Å². The molecule has 2 aliphatic heterocycles. The fourth-order valence-corrected chi connectivity index (χ4v) is 3.14. The normalized spacial score (nSPS) is 21.7. The maximum absolute atomic E-state index is 6.09. The van der Waals surface area contributed by atoms with Crippen molar-refractivity contribution < 1.29 is 14.2 Å². The van der Waals surface area contributed by atoms with Gasteiger partial charge in [0, 0.05) is 20.3 Å². The van der Waals surface area contributed by atoms with Gasteiger partial charge in [0.1, 0.15) is 11.9 Å². The second kappa shape index (κ2) is 9.20. The third-order valence-corrected chi connectivity index (χ3v) is 4.55. The molecule has 0 bridgehead atoms. The predicted molar refractivity (Wildman–Crippen MR) is 100 cm³/mol. The van der Waals surface area contributed by atoms with Crippen molar-refractivity contribution in [3.63, 3.8) is 0 Å². The molecule has 3 heterocycles. The van der Waals surface area contributed by atoms with E-state index in [0.717, 1.165) is 57.6 Å². The van der Waals surface area contributed by atoms with E-state index < -0.39 is 0 Å². The largest absolute Gasteiger partial charge is 0.463 e. The molecule has 26 heavy (non-hydrogen) atoms. The summed E-state index contributed by atoms with van der Waals surface area (Å²) in [7, 11) is 1.66. The summed E-state index contributed by atoms with van der Waals surface area (Å²) in [5, 5.41) is 6.66. The van der Waals surface area contributed by atoms with Crippen LogP contribution in [0.5, 0.6) is 6.01 Å². The van der Waals surface area contributed by atoms with Crippen molar-refractivity contribution in [1.29, 1.82) is 0 Å². The second-order valence-corrected chi connectivity index (χ2v) is 6.53. The number of nitrogens with zero attached hydrogens (tertiary/aromatic N) is 3. The average Bonchev–Trinajstić information content (AvgIpc) is 3.27. The topological polar surface area (TPSA) is 107 Å². The Balaban J connectivity index is 1.61. The number of aromatic nitrogens is 2. The smallest absolute Gasteiger partial charge is 0.320 e. The SMILES string of the molecule is CCCCOc1nc(N)c2c(n1)N(CCCN[C@H]1CCCO1)C(OC)N2. The van der Waals surface area contributed by atoms with Gasteiger partial charge in [0.05, 0.1) is 6.61 Å². The molecule has 1 saturated heterocycles. The lowest BCUT2D eigenvalue weighted by molar-refractivity contribution is 0.0838. The summed E-state index contributed by atoms with van der Waals surface area (Å²) in [4.78, 5) is 10.8. The fraction of sp³-hybridized carbons (Fsp3) is 0.765. The molecule has 0 radical (unpaired) electrons. The number of methoxy groups -OCH3 is 1. The van der Waals surface area contributed by atoms with Crippen LogP contribution in [0.15, 0.2) is 0 Å².